The van der Waals surface area contributed by atoms with E-state index in [1.54, 1.807) is 43.5 Å². The standard InChI is InChI=1S/C21H19F3N4O/c1-14(20(29)27-13-18-4-2-3-10-25-18)15-5-7-16(8-6-15)28-17-9-11-26-19(12-17)21(22,23)24/h2-12,14H,13H2,1H3,(H,26,28)(H,27,29). The fraction of sp³-hybridized carbons (Fsp3) is 0.190. The fourth-order valence-corrected chi connectivity index (χ4v) is 2.67. The number of rotatable bonds is 6. The number of carbonyl (C=O) groups excluding carboxylic acids is 1. The highest BCUT2D eigenvalue weighted by Gasteiger charge is 2.32. The van der Waals surface area contributed by atoms with Gasteiger partial charge < -0.3 is 10.6 Å². The third-order valence-electron chi connectivity index (χ3n) is 4.31. The van der Waals surface area contributed by atoms with E-state index < -0.39 is 11.9 Å². The fourth-order valence-electron chi connectivity index (χ4n) is 2.67. The summed E-state index contributed by atoms with van der Waals surface area (Å²) >= 11 is 0. The first-order valence-electron chi connectivity index (χ1n) is 8.91. The minimum absolute atomic E-state index is 0.139. The van der Waals surface area contributed by atoms with Crippen molar-refractivity contribution in [3.05, 3.63) is 83.9 Å². The average molecular weight is 400 g/mol. The number of halogens is 3. The lowest BCUT2D eigenvalue weighted by atomic mass is 10.00. The quantitative estimate of drug-likeness (QED) is 0.632. The van der Waals surface area contributed by atoms with Gasteiger partial charge in [-0.1, -0.05) is 18.2 Å². The summed E-state index contributed by atoms with van der Waals surface area (Å²) < 4.78 is 38.3. The van der Waals surface area contributed by atoms with Crippen LogP contribution in [-0.4, -0.2) is 15.9 Å². The molecule has 0 saturated heterocycles. The van der Waals surface area contributed by atoms with Gasteiger partial charge in [-0.05, 0) is 48.9 Å². The zero-order chi connectivity index (χ0) is 20.9. The van der Waals surface area contributed by atoms with E-state index in [-0.39, 0.29) is 17.5 Å². The van der Waals surface area contributed by atoms with Gasteiger partial charge in [0.1, 0.15) is 5.69 Å². The number of amides is 1. The van der Waals surface area contributed by atoms with Crippen molar-refractivity contribution in [2.45, 2.75) is 25.6 Å². The molecule has 0 aliphatic rings. The van der Waals surface area contributed by atoms with Crippen LogP contribution in [0.4, 0.5) is 24.5 Å². The van der Waals surface area contributed by atoms with Gasteiger partial charge in [-0.2, -0.15) is 13.2 Å². The molecule has 1 unspecified atom stereocenters. The maximum Gasteiger partial charge on any atom is 0.433 e. The number of anilines is 2. The topological polar surface area (TPSA) is 66.9 Å². The van der Waals surface area contributed by atoms with Crippen molar-refractivity contribution in [3.63, 3.8) is 0 Å². The van der Waals surface area contributed by atoms with Gasteiger partial charge in [-0.25, -0.2) is 0 Å². The number of benzene rings is 1. The summed E-state index contributed by atoms with van der Waals surface area (Å²) in [5.41, 5.74) is 1.48. The highest BCUT2D eigenvalue weighted by atomic mass is 19.4. The number of alkyl halides is 3. The van der Waals surface area contributed by atoms with Crippen LogP contribution in [0.15, 0.2) is 67.0 Å². The Morgan fingerprint density at radius 3 is 2.41 bits per heavy atom. The second-order valence-corrected chi connectivity index (χ2v) is 6.44. The molecule has 29 heavy (non-hydrogen) atoms. The van der Waals surface area contributed by atoms with Crippen molar-refractivity contribution in [2.24, 2.45) is 0 Å². The molecule has 2 aromatic heterocycles. The van der Waals surface area contributed by atoms with E-state index in [0.29, 0.717) is 12.2 Å². The van der Waals surface area contributed by atoms with E-state index in [9.17, 15) is 18.0 Å². The zero-order valence-corrected chi connectivity index (χ0v) is 15.6. The summed E-state index contributed by atoms with van der Waals surface area (Å²) in [6.45, 7) is 2.13. The average Bonchev–Trinajstić information content (AvgIpc) is 2.72. The van der Waals surface area contributed by atoms with Gasteiger partial charge in [-0.15, -0.1) is 0 Å². The summed E-state index contributed by atoms with van der Waals surface area (Å²) in [5.74, 6) is -0.522. The predicted molar refractivity (Wildman–Crippen MR) is 103 cm³/mol. The van der Waals surface area contributed by atoms with Crippen molar-refractivity contribution in [2.75, 3.05) is 5.32 Å². The Balaban J connectivity index is 1.61. The number of hydrogen-bond acceptors (Lipinski definition) is 4. The minimum atomic E-state index is -4.50. The van der Waals surface area contributed by atoms with Gasteiger partial charge >= 0.3 is 6.18 Å². The van der Waals surface area contributed by atoms with Gasteiger partial charge in [0.05, 0.1) is 18.2 Å². The Hall–Kier alpha value is -3.42. The van der Waals surface area contributed by atoms with E-state index in [4.69, 9.17) is 0 Å². The molecule has 3 aromatic rings. The van der Waals surface area contributed by atoms with Crippen molar-refractivity contribution in [1.29, 1.82) is 0 Å². The number of hydrogen-bond donors (Lipinski definition) is 2. The van der Waals surface area contributed by atoms with Crippen LogP contribution in [0, 0.1) is 0 Å². The number of pyridine rings is 2. The van der Waals surface area contributed by atoms with Crippen LogP contribution >= 0.6 is 0 Å². The third-order valence-corrected chi connectivity index (χ3v) is 4.31. The number of carbonyl (C=O) groups is 1. The Labute approximate surface area is 166 Å². The van der Waals surface area contributed by atoms with E-state index in [1.165, 1.54) is 6.07 Å². The van der Waals surface area contributed by atoms with E-state index >= 15 is 0 Å². The molecule has 1 amide bonds. The van der Waals surface area contributed by atoms with Crippen LogP contribution in [0.1, 0.15) is 29.8 Å². The van der Waals surface area contributed by atoms with Crippen LogP contribution in [0.3, 0.4) is 0 Å². The maximum atomic E-state index is 12.8. The second kappa shape index (κ2) is 8.72. The molecule has 150 valence electrons. The smallest absolute Gasteiger partial charge is 0.355 e. The second-order valence-electron chi connectivity index (χ2n) is 6.44. The van der Waals surface area contributed by atoms with Crippen LogP contribution in [0.2, 0.25) is 0 Å². The van der Waals surface area contributed by atoms with Gasteiger partial charge in [0, 0.05) is 23.8 Å². The molecule has 0 aliphatic heterocycles. The molecule has 1 aromatic carbocycles. The van der Waals surface area contributed by atoms with E-state index in [1.807, 2.05) is 12.1 Å². The molecule has 0 radical (unpaired) electrons. The van der Waals surface area contributed by atoms with Gasteiger partial charge in [0.2, 0.25) is 5.91 Å². The molecule has 0 saturated carbocycles. The number of aromatic nitrogens is 2. The predicted octanol–water partition coefficient (Wildman–Crippen LogP) is 4.66. The normalized spacial score (nSPS) is 12.3. The SMILES string of the molecule is CC(C(=O)NCc1ccccn1)c1ccc(Nc2ccnc(C(F)(F)F)c2)cc1. The highest BCUT2D eigenvalue weighted by molar-refractivity contribution is 5.83. The monoisotopic (exact) mass is 400 g/mol. The third kappa shape index (κ3) is 5.54. The van der Waals surface area contributed by atoms with Crippen LogP contribution < -0.4 is 10.6 Å². The highest BCUT2D eigenvalue weighted by Crippen LogP contribution is 2.30. The Kier molecular flexibility index (Phi) is 6.11. The van der Waals surface area contributed by atoms with E-state index in [2.05, 4.69) is 20.6 Å². The molecular weight excluding hydrogens is 381 g/mol. The van der Waals surface area contributed by atoms with Crippen molar-refractivity contribution in [1.82, 2.24) is 15.3 Å². The molecule has 2 heterocycles. The Morgan fingerprint density at radius 1 is 1.00 bits per heavy atom. The van der Waals surface area contributed by atoms with Crippen molar-refractivity contribution < 1.29 is 18.0 Å². The largest absolute Gasteiger partial charge is 0.433 e. The maximum absolute atomic E-state index is 12.8. The minimum Gasteiger partial charge on any atom is -0.355 e. The van der Waals surface area contributed by atoms with Gasteiger partial charge in [0.25, 0.3) is 0 Å². The van der Waals surface area contributed by atoms with Crippen LogP contribution in [0.25, 0.3) is 0 Å². The molecule has 8 heteroatoms. The summed E-state index contributed by atoms with van der Waals surface area (Å²) in [6, 6.07) is 14.8. The lowest BCUT2D eigenvalue weighted by molar-refractivity contribution is -0.141. The van der Waals surface area contributed by atoms with Crippen molar-refractivity contribution >= 4 is 17.3 Å². The zero-order valence-electron chi connectivity index (χ0n) is 15.6. The molecule has 3 rings (SSSR count). The Bertz CT molecular complexity index is 960. The van der Waals surface area contributed by atoms with Gasteiger partial charge in [0.15, 0.2) is 0 Å². The summed E-state index contributed by atoms with van der Waals surface area (Å²) in [4.78, 5) is 19.8. The molecule has 0 aliphatic carbocycles. The van der Waals surface area contributed by atoms with Crippen molar-refractivity contribution in [3.8, 4) is 0 Å². The molecule has 2 N–H and O–H groups in total. The summed E-state index contributed by atoms with van der Waals surface area (Å²) in [7, 11) is 0. The first-order valence-corrected chi connectivity index (χ1v) is 8.91. The molecule has 0 fully saturated rings. The van der Waals surface area contributed by atoms with Crippen LogP contribution in [0.5, 0.6) is 0 Å². The number of nitrogens with one attached hydrogen (secondary N) is 2. The lowest BCUT2D eigenvalue weighted by Gasteiger charge is -2.14. The number of nitrogens with zero attached hydrogens (tertiary/aromatic N) is 2. The molecule has 0 spiro atoms. The van der Waals surface area contributed by atoms with Crippen LogP contribution in [-0.2, 0) is 17.5 Å². The Morgan fingerprint density at radius 2 is 1.76 bits per heavy atom. The van der Waals surface area contributed by atoms with Gasteiger partial charge in [-0.3, -0.25) is 14.8 Å². The molecular formula is C21H19F3N4O. The lowest BCUT2D eigenvalue weighted by Crippen LogP contribution is -2.27. The first-order chi connectivity index (χ1) is 13.8. The molecule has 1 atom stereocenters. The summed E-state index contributed by atoms with van der Waals surface area (Å²) in [6.07, 6.45) is -1.73. The van der Waals surface area contributed by atoms with E-state index in [0.717, 1.165) is 23.5 Å². The molecule has 0 bridgehead atoms. The summed E-state index contributed by atoms with van der Waals surface area (Å²) in [5, 5.41) is 5.75. The molecule has 5 nitrogen and oxygen atoms in total. The first kappa shape index (κ1) is 20.3.